The summed E-state index contributed by atoms with van der Waals surface area (Å²) in [7, 11) is -3.93. The van der Waals surface area contributed by atoms with Gasteiger partial charge in [0.2, 0.25) is 10.0 Å². The zero-order valence-electron chi connectivity index (χ0n) is 10.6. The van der Waals surface area contributed by atoms with Gasteiger partial charge in [0.25, 0.3) is 0 Å². The fourth-order valence-corrected chi connectivity index (χ4v) is 3.07. The Bertz CT molecular complexity index is 522. The molecule has 0 saturated heterocycles. The van der Waals surface area contributed by atoms with E-state index in [0.29, 0.717) is 6.42 Å². The van der Waals surface area contributed by atoms with Crippen LogP contribution in [0.15, 0.2) is 23.1 Å². The van der Waals surface area contributed by atoms with Gasteiger partial charge >= 0.3 is 0 Å². The zero-order valence-corrected chi connectivity index (χ0v) is 12.1. The molecule has 1 aromatic carbocycles. The lowest BCUT2D eigenvalue weighted by Crippen LogP contribution is -2.30. The van der Waals surface area contributed by atoms with Gasteiger partial charge in [-0.1, -0.05) is 31.0 Å². The Morgan fingerprint density at radius 1 is 1.47 bits per heavy atom. The second-order valence-electron chi connectivity index (χ2n) is 4.19. The molecule has 4 nitrogen and oxygen atoms in total. The molecule has 0 radical (unpaired) electrons. The summed E-state index contributed by atoms with van der Waals surface area (Å²) in [4.78, 5) is -0.459. The summed E-state index contributed by atoms with van der Waals surface area (Å²) in [5.41, 5.74) is 0. The van der Waals surface area contributed by atoms with Gasteiger partial charge in [-0.05, 0) is 24.5 Å². The Balaban J connectivity index is 2.84. The number of nitrogens with one attached hydrogen (secondary N) is 1. The van der Waals surface area contributed by atoms with Gasteiger partial charge in [-0.3, -0.25) is 0 Å². The minimum absolute atomic E-state index is 0.00817. The van der Waals surface area contributed by atoms with Gasteiger partial charge in [0.1, 0.15) is 4.90 Å². The molecule has 1 atom stereocenters. The van der Waals surface area contributed by atoms with Crippen LogP contribution in [-0.2, 0) is 10.0 Å². The molecule has 0 heterocycles. The molecule has 0 spiro atoms. The normalized spacial score (nSPS) is 13.5. The lowest BCUT2D eigenvalue weighted by molar-refractivity contribution is 0.254. The molecule has 0 aliphatic rings. The van der Waals surface area contributed by atoms with Crippen molar-refractivity contribution in [3.05, 3.63) is 29.0 Å². The zero-order chi connectivity index (χ0) is 14.5. The monoisotopic (exact) mass is 309 g/mol. The third-order valence-electron chi connectivity index (χ3n) is 2.88. The maximum absolute atomic E-state index is 13.7. The summed E-state index contributed by atoms with van der Waals surface area (Å²) in [6, 6.07) is 3.83. The molecule has 0 aromatic heterocycles. The summed E-state index contributed by atoms with van der Waals surface area (Å²) in [5.74, 6) is -0.936. The molecule has 1 aromatic rings. The molecule has 0 bridgehead atoms. The van der Waals surface area contributed by atoms with Crippen LogP contribution in [0.1, 0.15) is 19.8 Å². The van der Waals surface area contributed by atoms with Gasteiger partial charge in [-0.25, -0.2) is 17.5 Å². The van der Waals surface area contributed by atoms with Crippen molar-refractivity contribution in [1.29, 1.82) is 0 Å². The van der Waals surface area contributed by atoms with Crippen molar-refractivity contribution in [2.45, 2.75) is 24.7 Å². The minimum atomic E-state index is -3.93. The summed E-state index contributed by atoms with van der Waals surface area (Å²) in [6.07, 6.45) is 1.22. The van der Waals surface area contributed by atoms with E-state index in [9.17, 15) is 12.8 Å². The van der Waals surface area contributed by atoms with Gasteiger partial charge in [-0.2, -0.15) is 0 Å². The van der Waals surface area contributed by atoms with Crippen molar-refractivity contribution in [2.75, 3.05) is 13.2 Å². The molecule has 0 aliphatic heterocycles. The predicted octanol–water partition coefficient (Wildman–Crippen LogP) is 2.17. The largest absolute Gasteiger partial charge is 0.396 e. The standard InChI is InChI=1S/C12H17ClFNO3S/c1-2-9(6-7-16)8-15-19(17,18)11-5-3-4-10(13)12(11)14/h3-5,9,15-16H,2,6-8H2,1H3. The molecule has 1 unspecified atom stereocenters. The van der Waals surface area contributed by atoms with E-state index in [1.165, 1.54) is 12.1 Å². The lowest BCUT2D eigenvalue weighted by atomic mass is 10.0. The van der Waals surface area contributed by atoms with E-state index < -0.39 is 20.7 Å². The minimum Gasteiger partial charge on any atom is -0.396 e. The van der Waals surface area contributed by atoms with Crippen molar-refractivity contribution in [3.63, 3.8) is 0 Å². The van der Waals surface area contributed by atoms with E-state index in [-0.39, 0.29) is 24.1 Å². The maximum Gasteiger partial charge on any atom is 0.243 e. The Morgan fingerprint density at radius 3 is 2.74 bits per heavy atom. The van der Waals surface area contributed by atoms with Crippen LogP contribution in [0.5, 0.6) is 0 Å². The van der Waals surface area contributed by atoms with Crippen LogP contribution in [0.2, 0.25) is 5.02 Å². The molecule has 0 fully saturated rings. The molecule has 7 heteroatoms. The molecule has 0 amide bonds. The van der Waals surface area contributed by atoms with E-state index in [2.05, 4.69) is 4.72 Å². The molecule has 19 heavy (non-hydrogen) atoms. The maximum atomic E-state index is 13.7. The second kappa shape index (κ2) is 7.19. The van der Waals surface area contributed by atoms with Gasteiger partial charge in [0.15, 0.2) is 5.82 Å². The van der Waals surface area contributed by atoms with Crippen molar-refractivity contribution in [3.8, 4) is 0 Å². The second-order valence-corrected chi connectivity index (χ2v) is 6.33. The lowest BCUT2D eigenvalue weighted by Gasteiger charge is -2.15. The smallest absolute Gasteiger partial charge is 0.243 e. The van der Waals surface area contributed by atoms with Crippen LogP contribution in [0.3, 0.4) is 0 Å². The topological polar surface area (TPSA) is 66.4 Å². The average Bonchev–Trinajstić information content (AvgIpc) is 2.37. The van der Waals surface area contributed by atoms with Gasteiger partial charge in [0, 0.05) is 13.2 Å². The molecular weight excluding hydrogens is 293 g/mol. The first-order valence-corrected chi connectivity index (χ1v) is 7.83. The molecule has 108 valence electrons. The van der Waals surface area contributed by atoms with Crippen LogP contribution in [0.4, 0.5) is 4.39 Å². The van der Waals surface area contributed by atoms with E-state index in [4.69, 9.17) is 16.7 Å². The van der Waals surface area contributed by atoms with Crippen molar-refractivity contribution < 1.29 is 17.9 Å². The predicted molar refractivity (Wildman–Crippen MR) is 72.1 cm³/mol. The first kappa shape index (κ1) is 16.4. The van der Waals surface area contributed by atoms with Gasteiger partial charge in [0.05, 0.1) is 5.02 Å². The number of rotatable bonds is 7. The van der Waals surface area contributed by atoms with E-state index >= 15 is 0 Å². The van der Waals surface area contributed by atoms with Gasteiger partial charge in [-0.15, -0.1) is 0 Å². The fourth-order valence-electron chi connectivity index (χ4n) is 1.63. The van der Waals surface area contributed by atoms with Crippen molar-refractivity contribution in [1.82, 2.24) is 4.72 Å². The van der Waals surface area contributed by atoms with Crippen LogP contribution < -0.4 is 4.72 Å². The third-order valence-corrected chi connectivity index (χ3v) is 4.62. The van der Waals surface area contributed by atoms with Crippen molar-refractivity contribution >= 4 is 21.6 Å². The number of hydrogen-bond acceptors (Lipinski definition) is 3. The number of aliphatic hydroxyl groups is 1. The SMILES string of the molecule is CCC(CCO)CNS(=O)(=O)c1cccc(Cl)c1F. The summed E-state index contributed by atoms with van der Waals surface area (Å²) >= 11 is 5.56. The highest BCUT2D eigenvalue weighted by Crippen LogP contribution is 2.21. The Morgan fingerprint density at radius 2 is 2.16 bits per heavy atom. The van der Waals surface area contributed by atoms with E-state index in [1.807, 2.05) is 6.92 Å². The highest BCUT2D eigenvalue weighted by molar-refractivity contribution is 7.89. The number of benzene rings is 1. The molecule has 1 rings (SSSR count). The van der Waals surface area contributed by atoms with Crippen molar-refractivity contribution in [2.24, 2.45) is 5.92 Å². The fraction of sp³-hybridized carbons (Fsp3) is 0.500. The molecular formula is C12H17ClFNO3S. The van der Waals surface area contributed by atoms with E-state index in [0.717, 1.165) is 12.5 Å². The van der Waals surface area contributed by atoms with Gasteiger partial charge < -0.3 is 5.11 Å². The first-order valence-electron chi connectivity index (χ1n) is 5.97. The highest BCUT2D eigenvalue weighted by Gasteiger charge is 2.21. The Hall–Kier alpha value is -0.690. The molecule has 0 aliphatic carbocycles. The van der Waals surface area contributed by atoms with E-state index in [1.54, 1.807) is 0 Å². The Labute approximate surface area is 117 Å². The average molecular weight is 310 g/mol. The summed E-state index contributed by atoms with van der Waals surface area (Å²) in [6.45, 7) is 2.05. The number of hydrogen-bond donors (Lipinski definition) is 2. The van der Waals surface area contributed by atoms with Crippen LogP contribution in [0, 0.1) is 11.7 Å². The first-order chi connectivity index (χ1) is 8.92. The molecule has 2 N–H and O–H groups in total. The summed E-state index contributed by atoms with van der Waals surface area (Å²) in [5, 5.41) is 8.61. The van der Waals surface area contributed by atoms with Crippen LogP contribution in [-0.4, -0.2) is 26.7 Å². The number of sulfonamides is 1. The third kappa shape index (κ3) is 4.42. The highest BCUT2D eigenvalue weighted by atomic mass is 35.5. The van der Waals surface area contributed by atoms with Crippen LogP contribution in [0.25, 0.3) is 0 Å². The Kier molecular flexibility index (Phi) is 6.19. The van der Waals surface area contributed by atoms with Crippen LogP contribution >= 0.6 is 11.6 Å². The number of halogens is 2. The quantitative estimate of drug-likeness (QED) is 0.811. The number of aliphatic hydroxyl groups excluding tert-OH is 1. The molecule has 0 saturated carbocycles. The summed E-state index contributed by atoms with van der Waals surface area (Å²) < 4.78 is 39.9.